The molecule has 3 amide bonds. The van der Waals surface area contributed by atoms with Crippen molar-refractivity contribution in [1.82, 2.24) is 4.90 Å². The largest absolute Gasteiger partial charge is 0.418 e. The Morgan fingerprint density at radius 1 is 1.09 bits per heavy atom. The molecule has 0 saturated carbocycles. The SMILES string of the molecule is O=C(Nc1ccc(N2CCOCC2)cc1C(F)(F)F)c1cccc(CN2C(=O)CSC2=O)c1. The number of hydrogen-bond acceptors (Lipinski definition) is 6. The minimum atomic E-state index is -4.67. The Bertz CT molecular complexity index is 1070. The molecule has 1 N–H and O–H groups in total. The minimum absolute atomic E-state index is 0.00612. The number of thioether (sulfide) groups is 1. The van der Waals surface area contributed by atoms with E-state index in [1.165, 1.54) is 24.3 Å². The molecule has 0 radical (unpaired) electrons. The number of morpholine rings is 1. The van der Waals surface area contributed by atoms with Crippen LogP contribution in [0.3, 0.4) is 0 Å². The van der Waals surface area contributed by atoms with E-state index in [-0.39, 0.29) is 34.7 Å². The van der Waals surface area contributed by atoms with E-state index in [1.54, 1.807) is 17.0 Å². The Hall–Kier alpha value is -3.05. The zero-order valence-corrected chi connectivity index (χ0v) is 18.2. The number of nitrogens with one attached hydrogen (secondary N) is 1. The first-order chi connectivity index (χ1) is 15.7. The average Bonchev–Trinajstić information content (AvgIpc) is 3.11. The maximum Gasteiger partial charge on any atom is 0.418 e. The van der Waals surface area contributed by atoms with Crippen molar-refractivity contribution in [2.24, 2.45) is 0 Å². The summed E-state index contributed by atoms with van der Waals surface area (Å²) in [5, 5.41) is 1.98. The first kappa shape index (κ1) is 23.1. The highest BCUT2D eigenvalue weighted by Gasteiger charge is 2.35. The fourth-order valence-electron chi connectivity index (χ4n) is 3.62. The smallest absolute Gasteiger partial charge is 0.378 e. The topological polar surface area (TPSA) is 79.0 Å². The van der Waals surface area contributed by atoms with Crippen molar-refractivity contribution in [2.75, 3.05) is 42.3 Å². The molecule has 0 atom stereocenters. The summed E-state index contributed by atoms with van der Waals surface area (Å²) in [5.74, 6) is -0.982. The van der Waals surface area contributed by atoms with Crippen molar-refractivity contribution in [3.05, 3.63) is 59.2 Å². The van der Waals surface area contributed by atoms with Crippen LogP contribution in [0.1, 0.15) is 21.5 Å². The van der Waals surface area contributed by atoms with Crippen molar-refractivity contribution in [2.45, 2.75) is 12.7 Å². The van der Waals surface area contributed by atoms with Crippen LogP contribution >= 0.6 is 11.8 Å². The highest BCUT2D eigenvalue weighted by Crippen LogP contribution is 2.37. The third kappa shape index (κ3) is 5.31. The zero-order chi connectivity index (χ0) is 23.6. The molecule has 2 aliphatic rings. The van der Waals surface area contributed by atoms with Crippen LogP contribution in [0.25, 0.3) is 0 Å². The van der Waals surface area contributed by atoms with Gasteiger partial charge in [-0.3, -0.25) is 19.3 Å². The molecule has 0 spiro atoms. The average molecular weight is 479 g/mol. The Kier molecular flexibility index (Phi) is 6.61. The lowest BCUT2D eigenvalue weighted by Crippen LogP contribution is -2.36. The lowest BCUT2D eigenvalue weighted by atomic mass is 10.1. The summed E-state index contributed by atoms with van der Waals surface area (Å²) >= 11 is 0.901. The van der Waals surface area contributed by atoms with E-state index in [0.29, 0.717) is 37.6 Å². The second kappa shape index (κ2) is 9.44. The maximum atomic E-state index is 13.7. The molecule has 2 saturated heterocycles. The second-order valence-electron chi connectivity index (χ2n) is 7.52. The van der Waals surface area contributed by atoms with Gasteiger partial charge in [0.1, 0.15) is 0 Å². The number of anilines is 2. The molecule has 2 heterocycles. The van der Waals surface area contributed by atoms with Crippen LogP contribution in [0.5, 0.6) is 0 Å². The standard InChI is InChI=1S/C22H20F3N3O4S/c23-22(24,25)17-11-16(27-6-8-32-9-7-27)4-5-18(17)26-20(30)15-3-1-2-14(10-15)12-28-19(29)13-33-21(28)31/h1-5,10-11H,6-9,12-13H2,(H,26,30). The lowest BCUT2D eigenvalue weighted by molar-refractivity contribution is -0.136. The van der Waals surface area contributed by atoms with Gasteiger partial charge in [-0.25, -0.2) is 0 Å². The van der Waals surface area contributed by atoms with E-state index in [2.05, 4.69) is 5.32 Å². The number of imide groups is 1. The summed E-state index contributed by atoms with van der Waals surface area (Å²) < 4.78 is 46.5. The van der Waals surface area contributed by atoms with Crippen molar-refractivity contribution in [1.29, 1.82) is 0 Å². The highest BCUT2D eigenvalue weighted by atomic mass is 32.2. The molecular formula is C22H20F3N3O4S. The number of amides is 3. The molecule has 0 aliphatic carbocycles. The number of carbonyl (C=O) groups is 3. The maximum absolute atomic E-state index is 13.7. The van der Waals surface area contributed by atoms with Crippen molar-refractivity contribution < 1.29 is 32.3 Å². The fraction of sp³-hybridized carbons (Fsp3) is 0.318. The molecule has 7 nitrogen and oxygen atoms in total. The van der Waals surface area contributed by atoms with Gasteiger partial charge in [0.05, 0.1) is 36.8 Å². The monoisotopic (exact) mass is 479 g/mol. The van der Waals surface area contributed by atoms with E-state index in [9.17, 15) is 27.6 Å². The Morgan fingerprint density at radius 3 is 2.52 bits per heavy atom. The van der Waals surface area contributed by atoms with Crippen molar-refractivity contribution in [3.63, 3.8) is 0 Å². The molecule has 2 aliphatic heterocycles. The molecule has 2 aromatic carbocycles. The van der Waals surface area contributed by atoms with Gasteiger partial charge < -0.3 is 15.0 Å². The quantitative estimate of drug-likeness (QED) is 0.699. The summed E-state index contributed by atoms with van der Waals surface area (Å²) in [5.41, 5.74) is -0.254. The fourth-order valence-corrected chi connectivity index (χ4v) is 4.34. The van der Waals surface area contributed by atoms with Crippen LogP contribution in [0.15, 0.2) is 42.5 Å². The normalized spacial score (nSPS) is 16.9. The Balaban J connectivity index is 1.54. The van der Waals surface area contributed by atoms with Crippen LogP contribution in [0.4, 0.5) is 29.3 Å². The van der Waals surface area contributed by atoms with Gasteiger partial charge in [0.2, 0.25) is 5.91 Å². The first-order valence-corrected chi connectivity index (χ1v) is 11.1. The number of carbonyl (C=O) groups excluding carboxylic acids is 3. The minimum Gasteiger partial charge on any atom is -0.378 e. The number of nitrogens with zero attached hydrogens (tertiary/aromatic N) is 2. The molecule has 0 aromatic heterocycles. The third-order valence-corrected chi connectivity index (χ3v) is 6.16. The van der Waals surface area contributed by atoms with Gasteiger partial charge in [0, 0.05) is 24.3 Å². The van der Waals surface area contributed by atoms with Gasteiger partial charge in [-0.2, -0.15) is 13.2 Å². The number of alkyl halides is 3. The number of benzene rings is 2. The van der Waals surface area contributed by atoms with E-state index >= 15 is 0 Å². The summed E-state index contributed by atoms with van der Waals surface area (Å²) in [6.45, 7) is 1.83. The van der Waals surface area contributed by atoms with Crippen LogP contribution < -0.4 is 10.2 Å². The molecule has 33 heavy (non-hydrogen) atoms. The molecule has 4 rings (SSSR count). The lowest BCUT2D eigenvalue weighted by Gasteiger charge is -2.29. The second-order valence-corrected chi connectivity index (χ2v) is 8.44. The predicted molar refractivity (Wildman–Crippen MR) is 117 cm³/mol. The van der Waals surface area contributed by atoms with Gasteiger partial charge in [-0.15, -0.1) is 0 Å². The van der Waals surface area contributed by atoms with Crippen LogP contribution in [0, 0.1) is 0 Å². The Labute approximate surface area is 191 Å². The van der Waals surface area contributed by atoms with E-state index in [0.717, 1.165) is 22.7 Å². The van der Waals surface area contributed by atoms with Crippen molar-refractivity contribution in [3.8, 4) is 0 Å². The van der Waals surface area contributed by atoms with Crippen LogP contribution in [-0.4, -0.2) is 54.0 Å². The van der Waals surface area contributed by atoms with Gasteiger partial charge in [0.15, 0.2) is 0 Å². The highest BCUT2D eigenvalue weighted by molar-refractivity contribution is 8.14. The van der Waals surface area contributed by atoms with Crippen molar-refractivity contribution >= 4 is 40.2 Å². The van der Waals surface area contributed by atoms with Crippen LogP contribution in [0.2, 0.25) is 0 Å². The Morgan fingerprint density at radius 2 is 1.85 bits per heavy atom. The number of ether oxygens (including phenoxy) is 1. The zero-order valence-electron chi connectivity index (χ0n) is 17.4. The van der Waals surface area contributed by atoms with Gasteiger partial charge in [-0.1, -0.05) is 23.9 Å². The third-order valence-electron chi connectivity index (χ3n) is 5.30. The summed E-state index contributed by atoms with van der Waals surface area (Å²) in [6.07, 6.45) is -4.67. The molecule has 11 heteroatoms. The molecule has 174 valence electrons. The van der Waals surface area contributed by atoms with Crippen LogP contribution in [-0.2, 0) is 22.3 Å². The molecule has 0 unspecified atom stereocenters. The van der Waals surface area contributed by atoms with Gasteiger partial charge in [-0.05, 0) is 35.9 Å². The van der Waals surface area contributed by atoms with Gasteiger partial charge in [0.25, 0.3) is 11.1 Å². The summed E-state index contributed by atoms with van der Waals surface area (Å²) in [4.78, 5) is 39.2. The molecular weight excluding hydrogens is 459 g/mol. The van der Waals surface area contributed by atoms with Gasteiger partial charge >= 0.3 is 6.18 Å². The summed E-state index contributed by atoms with van der Waals surface area (Å²) in [6, 6.07) is 9.90. The predicted octanol–water partition coefficient (Wildman–Crippen LogP) is 3.99. The molecule has 0 bridgehead atoms. The molecule has 2 aromatic rings. The molecule has 2 fully saturated rings. The summed E-state index contributed by atoms with van der Waals surface area (Å²) in [7, 11) is 0. The number of hydrogen-bond donors (Lipinski definition) is 1. The van der Waals surface area contributed by atoms with E-state index in [1.807, 2.05) is 0 Å². The number of rotatable bonds is 5. The van der Waals surface area contributed by atoms with E-state index < -0.39 is 17.6 Å². The number of halogens is 3. The first-order valence-electron chi connectivity index (χ1n) is 10.1. The van der Waals surface area contributed by atoms with E-state index in [4.69, 9.17) is 4.74 Å².